The zero-order valence-corrected chi connectivity index (χ0v) is 10.5. The van der Waals surface area contributed by atoms with E-state index in [2.05, 4.69) is 21.2 Å². The number of nitrogens with two attached hydrogens (primary N) is 1. The Morgan fingerprint density at radius 3 is 2.50 bits per heavy atom. The molecule has 0 bridgehead atoms. The Labute approximate surface area is 101 Å². The Morgan fingerprint density at radius 1 is 1.44 bits per heavy atom. The topological polar surface area (TPSA) is 58.3 Å². The first-order valence-corrected chi connectivity index (χ1v) is 5.41. The summed E-state index contributed by atoms with van der Waals surface area (Å²) in [4.78, 5) is 0. The van der Waals surface area contributed by atoms with Gasteiger partial charge < -0.3 is 16.2 Å². The zero-order chi connectivity index (χ0) is 12.5. The fraction of sp³-hybridized carbons (Fsp3) is 0.400. The largest absolute Gasteiger partial charge is 0.397 e. The molecule has 3 nitrogen and oxygen atoms in total. The van der Waals surface area contributed by atoms with Crippen molar-refractivity contribution in [3.05, 3.63) is 22.2 Å². The number of nitrogens with one attached hydrogen (secondary N) is 1. The average Bonchev–Trinajstić information content (AvgIpc) is 2.12. The number of benzene rings is 1. The fourth-order valence-electron chi connectivity index (χ4n) is 1.10. The van der Waals surface area contributed by atoms with Crippen LogP contribution in [0.2, 0.25) is 0 Å². The van der Waals surface area contributed by atoms with Crippen molar-refractivity contribution in [1.82, 2.24) is 0 Å². The molecular formula is C10H13BrF2N2O. The van der Waals surface area contributed by atoms with Gasteiger partial charge in [0.05, 0.1) is 21.4 Å². The number of nitrogen functional groups attached to an aromatic ring is 1. The highest BCUT2D eigenvalue weighted by Crippen LogP contribution is 2.30. The lowest BCUT2D eigenvalue weighted by molar-refractivity contribution is 0.0944. The molecule has 0 radical (unpaired) electrons. The van der Waals surface area contributed by atoms with Crippen molar-refractivity contribution in [2.75, 3.05) is 17.6 Å². The maximum absolute atomic E-state index is 13.5. The monoisotopic (exact) mass is 294 g/mol. The molecule has 0 fully saturated rings. The Hall–Kier alpha value is -0.880. The minimum Gasteiger partial charge on any atom is -0.397 e. The predicted molar refractivity (Wildman–Crippen MR) is 63.3 cm³/mol. The van der Waals surface area contributed by atoms with E-state index in [-0.39, 0.29) is 22.4 Å². The second-order valence-electron chi connectivity index (χ2n) is 4.12. The van der Waals surface area contributed by atoms with Crippen LogP contribution >= 0.6 is 15.9 Å². The van der Waals surface area contributed by atoms with Crippen LogP contribution in [-0.2, 0) is 0 Å². The van der Waals surface area contributed by atoms with Gasteiger partial charge >= 0.3 is 0 Å². The molecule has 0 aliphatic rings. The summed E-state index contributed by atoms with van der Waals surface area (Å²) in [6.45, 7) is 3.15. The minimum absolute atomic E-state index is 0.0312. The molecule has 4 N–H and O–H groups in total. The van der Waals surface area contributed by atoms with Crippen molar-refractivity contribution >= 4 is 27.3 Å². The molecule has 1 aromatic rings. The highest BCUT2D eigenvalue weighted by molar-refractivity contribution is 9.10. The van der Waals surface area contributed by atoms with E-state index >= 15 is 0 Å². The summed E-state index contributed by atoms with van der Waals surface area (Å²) >= 11 is 2.85. The van der Waals surface area contributed by atoms with Crippen LogP contribution in [-0.4, -0.2) is 17.3 Å². The van der Waals surface area contributed by atoms with Gasteiger partial charge in [-0.2, -0.15) is 0 Å². The third kappa shape index (κ3) is 3.05. The molecule has 1 aromatic carbocycles. The van der Waals surface area contributed by atoms with Gasteiger partial charge in [0.2, 0.25) is 0 Å². The number of anilines is 2. The van der Waals surface area contributed by atoms with Gasteiger partial charge in [-0.15, -0.1) is 0 Å². The van der Waals surface area contributed by atoms with Crippen LogP contribution < -0.4 is 11.1 Å². The Balaban J connectivity index is 3.01. The van der Waals surface area contributed by atoms with Gasteiger partial charge in [0.25, 0.3) is 0 Å². The first-order valence-electron chi connectivity index (χ1n) is 4.61. The SMILES string of the molecule is CC(C)(O)CNc1c(N)cc(Br)c(F)c1F. The lowest BCUT2D eigenvalue weighted by atomic mass is 10.1. The molecule has 16 heavy (non-hydrogen) atoms. The smallest absolute Gasteiger partial charge is 0.185 e. The molecule has 0 spiro atoms. The number of halogens is 3. The fourth-order valence-corrected chi connectivity index (χ4v) is 1.52. The van der Waals surface area contributed by atoms with Crippen LogP contribution in [0.5, 0.6) is 0 Å². The van der Waals surface area contributed by atoms with Crippen molar-refractivity contribution in [2.45, 2.75) is 19.4 Å². The maximum Gasteiger partial charge on any atom is 0.185 e. The molecule has 0 heterocycles. The Bertz CT molecular complexity index is 405. The second kappa shape index (κ2) is 4.55. The van der Waals surface area contributed by atoms with Crippen LogP contribution in [0.15, 0.2) is 10.5 Å². The van der Waals surface area contributed by atoms with E-state index in [0.29, 0.717) is 0 Å². The molecule has 90 valence electrons. The van der Waals surface area contributed by atoms with Crippen LogP contribution in [0.25, 0.3) is 0 Å². The summed E-state index contributed by atoms with van der Waals surface area (Å²) in [5.74, 6) is -2.07. The molecule has 0 aromatic heterocycles. The van der Waals surface area contributed by atoms with Gasteiger partial charge in [-0.3, -0.25) is 0 Å². The van der Waals surface area contributed by atoms with Gasteiger partial charge in [0.15, 0.2) is 11.6 Å². The molecule has 0 saturated carbocycles. The van der Waals surface area contributed by atoms with E-state index in [4.69, 9.17) is 5.73 Å². The quantitative estimate of drug-likeness (QED) is 0.593. The van der Waals surface area contributed by atoms with E-state index in [0.717, 1.165) is 0 Å². The molecular weight excluding hydrogens is 282 g/mol. The Morgan fingerprint density at radius 2 is 2.00 bits per heavy atom. The summed E-state index contributed by atoms with van der Waals surface area (Å²) in [6, 6.07) is 1.27. The van der Waals surface area contributed by atoms with E-state index in [9.17, 15) is 13.9 Å². The minimum atomic E-state index is -1.06. The zero-order valence-electron chi connectivity index (χ0n) is 8.94. The first kappa shape index (κ1) is 13.2. The van der Waals surface area contributed by atoms with Crippen molar-refractivity contribution in [3.8, 4) is 0 Å². The van der Waals surface area contributed by atoms with Crippen LogP contribution in [0.4, 0.5) is 20.2 Å². The van der Waals surface area contributed by atoms with E-state index in [1.807, 2.05) is 0 Å². The number of rotatable bonds is 3. The number of hydrogen-bond donors (Lipinski definition) is 3. The third-order valence-electron chi connectivity index (χ3n) is 1.89. The van der Waals surface area contributed by atoms with Gasteiger partial charge in [0.1, 0.15) is 0 Å². The molecule has 0 aliphatic heterocycles. The summed E-state index contributed by atoms with van der Waals surface area (Å²) < 4.78 is 26.6. The standard InChI is InChI=1S/C10H13BrF2N2O/c1-10(2,16)4-15-9-6(14)3-5(11)7(12)8(9)13/h3,15-16H,4,14H2,1-2H3. The van der Waals surface area contributed by atoms with Gasteiger partial charge in [-0.25, -0.2) is 8.78 Å². The maximum atomic E-state index is 13.5. The van der Waals surface area contributed by atoms with Crippen LogP contribution in [0, 0.1) is 11.6 Å². The highest BCUT2D eigenvalue weighted by atomic mass is 79.9. The predicted octanol–water partition coefficient (Wildman–Crippen LogP) is 2.49. The van der Waals surface area contributed by atoms with Crippen molar-refractivity contribution in [1.29, 1.82) is 0 Å². The molecule has 0 atom stereocenters. The van der Waals surface area contributed by atoms with Crippen LogP contribution in [0.3, 0.4) is 0 Å². The van der Waals surface area contributed by atoms with E-state index < -0.39 is 17.2 Å². The van der Waals surface area contributed by atoms with Gasteiger partial charge in [0, 0.05) is 6.54 Å². The summed E-state index contributed by atoms with van der Waals surface area (Å²) in [7, 11) is 0. The van der Waals surface area contributed by atoms with E-state index in [1.54, 1.807) is 13.8 Å². The second-order valence-corrected chi connectivity index (χ2v) is 4.97. The Kier molecular flexibility index (Phi) is 3.75. The molecule has 6 heteroatoms. The lowest BCUT2D eigenvalue weighted by Crippen LogP contribution is -2.30. The highest BCUT2D eigenvalue weighted by Gasteiger charge is 2.18. The van der Waals surface area contributed by atoms with Gasteiger partial charge in [-0.1, -0.05) is 0 Å². The summed E-state index contributed by atoms with van der Waals surface area (Å²) in [5, 5.41) is 12.0. The van der Waals surface area contributed by atoms with Crippen molar-refractivity contribution < 1.29 is 13.9 Å². The normalized spacial score (nSPS) is 11.6. The molecule has 0 amide bonds. The third-order valence-corrected chi connectivity index (χ3v) is 2.47. The molecule has 0 unspecified atom stereocenters. The summed E-state index contributed by atoms with van der Waals surface area (Å²) in [5.41, 5.74) is 4.44. The molecule has 0 aliphatic carbocycles. The van der Waals surface area contributed by atoms with Crippen LogP contribution in [0.1, 0.15) is 13.8 Å². The lowest BCUT2D eigenvalue weighted by Gasteiger charge is -2.20. The molecule has 1 rings (SSSR count). The van der Waals surface area contributed by atoms with Crippen molar-refractivity contribution in [3.63, 3.8) is 0 Å². The van der Waals surface area contributed by atoms with Gasteiger partial charge in [-0.05, 0) is 35.8 Å². The number of hydrogen-bond acceptors (Lipinski definition) is 3. The first-order chi connectivity index (χ1) is 7.22. The van der Waals surface area contributed by atoms with E-state index in [1.165, 1.54) is 6.07 Å². The average molecular weight is 295 g/mol. The molecule has 0 saturated heterocycles. The summed E-state index contributed by atoms with van der Waals surface area (Å²) in [6.07, 6.45) is 0. The van der Waals surface area contributed by atoms with Crippen molar-refractivity contribution in [2.24, 2.45) is 0 Å². The number of aliphatic hydroxyl groups is 1.